The van der Waals surface area contributed by atoms with Crippen LogP contribution in [0.3, 0.4) is 0 Å². The molecule has 102 valence electrons. The summed E-state index contributed by atoms with van der Waals surface area (Å²) in [6.07, 6.45) is 2.07. The predicted molar refractivity (Wildman–Crippen MR) is 73.2 cm³/mol. The van der Waals surface area contributed by atoms with Crippen molar-refractivity contribution in [3.05, 3.63) is 29.6 Å². The minimum atomic E-state index is -0.357. The van der Waals surface area contributed by atoms with Gasteiger partial charge in [-0.15, -0.1) is 0 Å². The molecule has 0 aromatic heterocycles. The number of nitrogens with two attached hydrogens (primary N) is 1. The Labute approximate surface area is 108 Å². The summed E-state index contributed by atoms with van der Waals surface area (Å²) in [7, 11) is 0. The first-order valence-electron chi connectivity index (χ1n) is 6.51. The third-order valence-corrected chi connectivity index (χ3v) is 2.98. The maximum Gasteiger partial charge on any atom is 0.130 e. The van der Waals surface area contributed by atoms with E-state index in [1.54, 1.807) is 13.0 Å². The summed E-state index contributed by atoms with van der Waals surface area (Å²) in [6, 6.07) is 4.63. The minimum Gasteiger partial charge on any atom is -0.395 e. The lowest BCUT2D eigenvalue weighted by molar-refractivity contribution is 0.301. The number of nitrogens with zero attached hydrogens (tertiary/aromatic N) is 1. The Bertz CT molecular complexity index is 369. The third kappa shape index (κ3) is 3.68. The second kappa shape index (κ2) is 7.34. The van der Waals surface area contributed by atoms with Gasteiger partial charge in [0.15, 0.2) is 0 Å². The number of benzene rings is 1. The SMILES string of the molecule is CCCCN(CCO)c1cccc(F)c1C(C)N. The largest absolute Gasteiger partial charge is 0.395 e. The maximum atomic E-state index is 13.9. The van der Waals surface area contributed by atoms with Gasteiger partial charge in [-0.1, -0.05) is 19.4 Å². The number of halogens is 1. The Morgan fingerprint density at radius 3 is 2.67 bits per heavy atom. The quantitative estimate of drug-likeness (QED) is 0.785. The van der Waals surface area contributed by atoms with Gasteiger partial charge in [0, 0.05) is 30.4 Å². The van der Waals surface area contributed by atoms with E-state index in [2.05, 4.69) is 6.92 Å². The first kappa shape index (κ1) is 14.9. The molecule has 0 fully saturated rings. The molecule has 1 unspecified atom stereocenters. The molecule has 3 N–H and O–H groups in total. The van der Waals surface area contributed by atoms with Gasteiger partial charge < -0.3 is 15.7 Å². The molecule has 4 heteroatoms. The average Bonchev–Trinajstić information content (AvgIpc) is 2.33. The van der Waals surface area contributed by atoms with Crippen LogP contribution in [0.1, 0.15) is 38.3 Å². The van der Waals surface area contributed by atoms with E-state index < -0.39 is 0 Å². The molecule has 0 bridgehead atoms. The second-order valence-corrected chi connectivity index (χ2v) is 4.53. The summed E-state index contributed by atoms with van der Waals surface area (Å²) >= 11 is 0. The molecule has 18 heavy (non-hydrogen) atoms. The highest BCUT2D eigenvalue weighted by Crippen LogP contribution is 2.28. The van der Waals surface area contributed by atoms with Crippen molar-refractivity contribution in [2.45, 2.75) is 32.7 Å². The van der Waals surface area contributed by atoms with Crippen LogP contribution in [0.5, 0.6) is 0 Å². The van der Waals surface area contributed by atoms with Crippen LogP contribution >= 0.6 is 0 Å². The van der Waals surface area contributed by atoms with Crippen LogP contribution in [-0.4, -0.2) is 24.8 Å². The molecule has 0 aliphatic rings. The first-order chi connectivity index (χ1) is 8.61. The van der Waals surface area contributed by atoms with Gasteiger partial charge in [-0.3, -0.25) is 0 Å². The lowest BCUT2D eigenvalue weighted by Gasteiger charge is -2.27. The van der Waals surface area contributed by atoms with Crippen molar-refractivity contribution >= 4 is 5.69 Å². The molecule has 1 rings (SSSR count). The highest BCUT2D eigenvalue weighted by Gasteiger charge is 2.16. The highest BCUT2D eigenvalue weighted by atomic mass is 19.1. The van der Waals surface area contributed by atoms with Gasteiger partial charge in [0.2, 0.25) is 0 Å². The van der Waals surface area contributed by atoms with Crippen molar-refractivity contribution < 1.29 is 9.50 Å². The summed E-state index contributed by atoms with van der Waals surface area (Å²) in [5.41, 5.74) is 7.18. The zero-order valence-corrected chi connectivity index (χ0v) is 11.2. The van der Waals surface area contributed by atoms with Crippen LogP contribution in [-0.2, 0) is 0 Å². The molecular formula is C14H23FN2O. The normalized spacial score (nSPS) is 12.5. The monoisotopic (exact) mass is 254 g/mol. The fraction of sp³-hybridized carbons (Fsp3) is 0.571. The van der Waals surface area contributed by atoms with E-state index in [0.29, 0.717) is 12.1 Å². The van der Waals surface area contributed by atoms with Crippen LogP contribution in [0, 0.1) is 5.82 Å². The fourth-order valence-electron chi connectivity index (χ4n) is 2.07. The van der Waals surface area contributed by atoms with Crippen LogP contribution < -0.4 is 10.6 Å². The van der Waals surface area contributed by atoms with E-state index in [9.17, 15) is 4.39 Å². The van der Waals surface area contributed by atoms with Gasteiger partial charge in [0.05, 0.1) is 6.61 Å². The van der Waals surface area contributed by atoms with Crippen molar-refractivity contribution in [2.75, 3.05) is 24.6 Å². The van der Waals surface area contributed by atoms with E-state index >= 15 is 0 Å². The van der Waals surface area contributed by atoms with E-state index in [0.717, 1.165) is 25.1 Å². The van der Waals surface area contributed by atoms with E-state index in [4.69, 9.17) is 10.8 Å². The summed E-state index contributed by atoms with van der Waals surface area (Å²) in [6.45, 7) is 5.25. The second-order valence-electron chi connectivity index (χ2n) is 4.53. The van der Waals surface area contributed by atoms with Crippen molar-refractivity contribution in [2.24, 2.45) is 5.73 Å². The molecule has 0 saturated heterocycles. The maximum absolute atomic E-state index is 13.9. The number of aliphatic hydroxyl groups excluding tert-OH is 1. The van der Waals surface area contributed by atoms with Gasteiger partial charge in [-0.05, 0) is 25.5 Å². The molecule has 0 amide bonds. The highest BCUT2D eigenvalue weighted by molar-refractivity contribution is 5.55. The molecule has 0 saturated carbocycles. The molecule has 0 heterocycles. The number of aliphatic hydroxyl groups is 1. The van der Waals surface area contributed by atoms with Crippen molar-refractivity contribution in [3.8, 4) is 0 Å². The molecule has 1 aromatic rings. The van der Waals surface area contributed by atoms with Gasteiger partial charge in [-0.25, -0.2) is 4.39 Å². The molecule has 0 aliphatic carbocycles. The zero-order valence-electron chi connectivity index (χ0n) is 11.2. The summed E-state index contributed by atoms with van der Waals surface area (Å²) in [5, 5.41) is 9.13. The molecule has 0 spiro atoms. The topological polar surface area (TPSA) is 49.5 Å². The van der Waals surface area contributed by atoms with Crippen LogP contribution in [0.2, 0.25) is 0 Å². The number of hydrogen-bond donors (Lipinski definition) is 2. The zero-order chi connectivity index (χ0) is 13.5. The Morgan fingerprint density at radius 1 is 1.39 bits per heavy atom. The Kier molecular flexibility index (Phi) is 6.09. The molecule has 0 radical (unpaired) electrons. The molecule has 0 aliphatic heterocycles. The average molecular weight is 254 g/mol. The lowest BCUT2D eigenvalue weighted by atomic mass is 10.0. The smallest absolute Gasteiger partial charge is 0.130 e. The number of anilines is 1. The summed E-state index contributed by atoms with van der Waals surface area (Å²) < 4.78 is 13.9. The third-order valence-electron chi connectivity index (χ3n) is 2.98. The van der Waals surface area contributed by atoms with Crippen LogP contribution in [0.4, 0.5) is 10.1 Å². The molecular weight excluding hydrogens is 231 g/mol. The van der Waals surface area contributed by atoms with E-state index in [-0.39, 0.29) is 18.5 Å². The Hall–Kier alpha value is -1.13. The van der Waals surface area contributed by atoms with Crippen LogP contribution in [0.25, 0.3) is 0 Å². The fourth-order valence-corrected chi connectivity index (χ4v) is 2.07. The number of rotatable bonds is 7. The number of hydrogen-bond acceptors (Lipinski definition) is 3. The summed E-state index contributed by atoms with van der Waals surface area (Å²) in [4.78, 5) is 2.01. The van der Waals surface area contributed by atoms with Crippen molar-refractivity contribution in [3.63, 3.8) is 0 Å². The van der Waals surface area contributed by atoms with Gasteiger partial charge in [0.25, 0.3) is 0 Å². The van der Waals surface area contributed by atoms with Crippen molar-refractivity contribution in [1.82, 2.24) is 0 Å². The van der Waals surface area contributed by atoms with E-state index in [1.807, 2.05) is 11.0 Å². The molecule has 1 aromatic carbocycles. The standard InChI is InChI=1S/C14H23FN2O/c1-3-4-8-17(9-10-18)13-7-5-6-12(15)14(13)11(2)16/h5-7,11,18H,3-4,8-10,16H2,1-2H3. The van der Waals surface area contributed by atoms with Crippen molar-refractivity contribution in [1.29, 1.82) is 0 Å². The van der Waals surface area contributed by atoms with Crippen LogP contribution in [0.15, 0.2) is 18.2 Å². The molecule has 3 nitrogen and oxygen atoms in total. The van der Waals surface area contributed by atoms with Gasteiger partial charge in [0.1, 0.15) is 5.82 Å². The minimum absolute atomic E-state index is 0.0542. The summed E-state index contributed by atoms with van der Waals surface area (Å²) in [5.74, 6) is -0.276. The number of unbranched alkanes of at least 4 members (excludes halogenated alkanes) is 1. The Balaban J connectivity index is 3.06. The lowest BCUT2D eigenvalue weighted by Crippen LogP contribution is -2.30. The van der Waals surface area contributed by atoms with Gasteiger partial charge >= 0.3 is 0 Å². The van der Waals surface area contributed by atoms with Gasteiger partial charge in [-0.2, -0.15) is 0 Å². The molecule has 1 atom stereocenters. The Morgan fingerprint density at radius 2 is 2.11 bits per heavy atom. The first-order valence-corrected chi connectivity index (χ1v) is 6.51. The van der Waals surface area contributed by atoms with E-state index in [1.165, 1.54) is 6.07 Å². The predicted octanol–water partition coefficient (Wildman–Crippen LogP) is 2.44.